The second kappa shape index (κ2) is 11.6. The van der Waals surface area contributed by atoms with Gasteiger partial charge in [0.2, 0.25) is 12.3 Å². The summed E-state index contributed by atoms with van der Waals surface area (Å²) >= 11 is 0. The molecule has 9 nitrogen and oxygen atoms in total. The molecule has 0 saturated carbocycles. The van der Waals surface area contributed by atoms with Crippen LogP contribution in [0.1, 0.15) is 12.0 Å². The number of amides is 2. The van der Waals surface area contributed by atoms with Crippen molar-refractivity contribution in [1.29, 1.82) is 0 Å². The average molecular weight is 339 g/mol. The molecule has 0 aliphatic heterocycles. The second-order valence-corrected chi connectivity index (χ2v) is 4.61. The van der Waals surface area contributed by atoms with Crippen LogP contribution in [0.15, 0.2) is 30.3 Å². The van der Waals surface area contributed by atoms with Gasteiger partial charge < -0.3 is 26.6 Å². The lowest BCUT2D eigenvalue weighted by atomic mass is 10.1. The molecule has 0 spiro atoms. The molecule has 0 heterocycles. The standard InChI is InChI=1S/C14H18N2O5.CH3NO/c1-21-14(20)11(7-9-5-3-2-4-6-9)16-13(19)10(15)8-12(17)18;2-1-3/h2-6,10-11H,7-8,15H2,1H3,(H,16,19)(H,17,18);1H,(H2,2,3). The number of carbonyl (C=O) groups is 4. The summed E-state index contributed by atoms with van der Waals surface area (Å²) in [7, 11) is 1.21. The van der Waals surface area contributed by atoms with Crippen molar-refractivity contribution < 1.29 is 29.0 Å². The van der Waals surface area contributed by atoms with E-state index in [9.17, 15) is 14.4 Å². The Morgan fingerprint density at radius 2 is 1.83 bits per heavy atom. The number of nitrogens with two attached hydrogens (primary N) is 2. The molecule has 2 atom stereocenters. The lowest BCUT2D eigenvalue weighted by Gasteiger charge is -2.18. The van der Waals surface area contributed by atoms with Crippen molar-refractivity contribution in [3.05, 3.63) is 35.9 Å². The van der Waals surface area contributed by atoms with Crippen LogP contribution in [0, 0.1) is 0 Å². The Hall–Kier alpha value is -2.94. The van der Waals surface area contributed by atoms with Crippen molar-refractivity contribution in [2.75, 3.05) is 7.11 Å². The minimum atomic E-state index is -1.22. The highest BCUT2D eigenvalue weighted by atomic mass is 16.5. The van der Waals surface area contributed by atoms with Crippen LogP contribution in [0.25, 0.3) is 0 Å². The van der Waals surface area contributed by atoms with Crippen LogP contribution in [0.4, 0.5) is 0 Å². The van der Waals surface area contributed by atoms with E-state index in [1.807, 2.05) is 18.2 Å². The third kappa shape index (κ3) is 8.49. The molecule has 24 heavy (non-hydrogen) atoms. The number of nitrogens with one attached hydrogen (secondary N) is 1. The summed E-state index contributed by atoms with van der Waals surface area (Å²) in [6.45, 7) is 0. The topological polar surface area (TPSA) is 162 Å². The fraction of sp³-hybridized carbons (Fsp3) is 0.333. The molecule has 0 aliphatic carbocycles. The highest BCUT2D eigenvalue weighted by Crippen LogP contribution is 2.05. The van der Waals surface area contributed by atoms with E-state index in [2.05, 4.69) is 15.8 Å². The Balaban J connectivity index is 0.00000163. The third-order valence-corrected chi connectivity index (χ3v) is 2.82. The normalized spacial score (nSPS) is 11.9. The van der Waals surface area contributed by atoms with E-state index >= 15 is 0 Å². The Bertz CT molecular complexity index is 549. The molecule has 9 heteroatoms. The van der Waals surface area contributed by atoms with E-state index in [-0.39, 0.29) is 12.8 Å². The molecule has 0 aliphatic rings. The highest BCUT2D eigenvalue weighted by molar-refractivity contribution is 5.89. The van der Waals surface area contributed by atoms with E-state index in [1.54, 1.807) is 12.1 Å². The first kappa shape index (κ1) is 21.1. The number of carbonyl (C=O) groups excluding carboxylic acids is 3. The summed E-state index contributed by atoms with van der Waals surface area (Å²) < 4.78 is 4.64. The fourth-order valence-electron chi connectivity index (χ4n) is 1.74. The maximum absolute atomic E-state index is 11.8. The van der Waals surface area contributed by atoms with Gasteiger partial charge in [-0.3, -0.25) is 14.4 Å². The molecule has 0 fully saturated rings. The van der Waals surface area contributed by atoms with Crippen molar-refractivity contribution in [3.63, 3.8) is 0 Å². The number of methoxy groups -OCH3 is 1. The predicted molar refractivity (Wildman–Crippen MR) is 84.6 cm³/mol. The number of benzene rings is 1. The summed E-state index contributed by atoms with van der Waals surface area (Å²) in [5.41, 5.74) is 10.5. The van der Waals surface area contributed by atoms with Gasteiger partial charge in [0, 0.05) is 6.42 Å². The minimum absolute atomic E-state index is 0.235. The zero-order valence-corrected chi connectivity index (χ0v) is 13.2. The van der Waals surface area contributed by atoms with Gasteiger partial charge in [-0.2, -0.15) is 0 Å². The Morgan fingerprint density at radius 3 is 2.29 bits per heavy atom. The van der Waals surface area contributed by atoms with Crippen LogP contribution < -0.4 is 16.8 Å². The molecule has 2 amide bonds. The number of hydrogen-bond acceptors (Lipinski definition) is 6. The number of rotatable bonds is 7. The van der Waals surface area contributed by atoms with Gasteiger partial charge in [-0.15, -0.1) is 0 Å². The predicted octanol–water partition coefficient (Wildman–Crippen LogP) is -1.21. The van der Waals surface area contributed by atoms with Crippen LogP contribution in [0.2, 0.25) is 0 Å². The Kier molecular flexibility index (Phi) is 10.2. The number of hydrogen-bond donors (Lipinski definition) is 4. The molecule has 1 rings (SSSR count). The van der Waals surface area contributed by atoms with Crippen LogP contribution in [-0.4, -0.2) is 48.6 Å². The molecule has 6 N–H and O–H groups in total. The van der Waals surface area contributed by atoms with Crippen molar-refractivity contribution >= 4 is 24.3 Å². The van der Waals surface area contributed by atoms with E-state index in [0.29, 0.717) is 0 Å². The molecule has 0 radical (unpaired) electrons. The lowest BCUT2D eigenvalue weighted by Crippen LogP contribution is -2.50. The van der Waals surface area contributed by atoms with Crippen molar-refractivity contribution in [2.24, 2.45) is 11.5 Å². The second-order valence-electron chi connectivity index (χ2n) is 4.61. The van der Waals surface area contributed by atoms with Gasteiger partial charge in [0.1, 0.15) is 6.04 Å². The molecule has 1 aromatic rings. The smallest absolute Gasteiger partial charge is 0.328 e. The van der Waals surface area contributed by atoms with E-state index in [0.717, 1.165) is 5.56 Å². The maximum Gasteiger partial charge on any atom is 0.328 e. The fourth-order valence-corrected chi connectivity index (χ4v) is 1.74. The van der Waals surface area contributed by atoms with Crippen molar-refractivity contribution in [2.45, 2.75) is 24.9 Å². The summed E-state index contributed by atoms with van der Waals surface area (Å²) in [5, 5.41) is 11.0. The van der Waals surface area contributed by atoms with Crippen molar-refractivity contribution in [1.82, 2.24) is 5.32 Å². The molecule has 132 valence electrons. The molecule has 2 unspecified atom stereocenters. The van der Waals surface area contributed by atoms with Crippen LogP contribution in [-0.2, 0) is 30.3 Å². The summed E-state index contributed by atoms with van der Waals surface area (Å²) in [6.07, 6.45) is -0.0237. The molecule has 0 saturated heterocycles. The quantitative estimate of drug-likeness (QED) is 0.358. The first-order chi connectivity index (χ1) is 11.3. The average Bonchev–Trinajstić information content (AvgIpc) is 2.54. The van der Waals surface area contributed by atoms with Gasteiger partial charge in [0.05, 0.1) is 19.6 Å². The first-order valence-electron chi connectivity index (χ1n) is 6.90. The van der Waals surface area contributed by atoms with Gasteiger partial charge >= 0.3 is 11.9 Å². The zero-order valence-electron chi connectivity index (χ0n) is 13.2. The third-order valence-electron chi connectivity index (χ3n) is 2.82. The number of primary amides is 1. The maximum atomic E-state index is 11.8. The minimum Gasteiger partial charge on any atom is -0.481 e. The summed E-state index contributed by atoms with van der Waals surface area (Å²) in [6, 6.07) is 6.93. The summed E-state index contributed by atoms with van der Waals surface area (Å²) in [5.74, 6) is -2.51. The summed E-state index contributed by atoms with van der Waals surface area (Å²) in [4.78, 5) is 42.6. The number of carboxylic acids is 1. The van der Waals surface area contributed by atoms with E-state index < -0.39 is 36.4 Å². The first-order valence-corrected chi connectivity index (χ1v) is 6.90. The van der Waals surface area contributed by atoms with Crippen LogP contribution >= 0.6 is 0 Å². The molecule has 1 aromatic carbocycles. The van der Waals surface area contributed by atoms with Gasteiger partial charge in [-0.05, 0) is 5.56 Å². The van der Waals surface area contributed by atoms with Gasteiger partial charge in [0.25, 0.3) is 0 Å². The van der Waals surface area contributed by atoms with Gasteiger partial charge in [0.15, 0.2) is 0 Å². The van der Waals surface area contributed by atoms with Gasteiger partial charge in [-0.25, -0.2) is 4.79 Å². The zero-order chi connectivity index (χ0) is 18.5. The van der Waals surface area contributed by atoms with Crippen LogP contribution in [0.5, 0.6) is 0 Å². The SMILES string of the molecule is COC(=O)C(Cc1ccccc1)NC(=O)C(N)CC(=O)O.NC=O. The monoisotopic (exact) mass is 339 g/mol. The lowest BCUT2D eigenvalue weighted by molar-refractivity contribution is -0.145. The Morgan fingerprint density at radius 1 is 1.29 bits per heavy atom. The van der Waals surface area contributed by atoms with Crippen molar-refractivity contribution in [3.8, 4) is 0 Å². The molecular weight excluding hydrogens is 318 g/mol. The number of aliphatic carboxylic acids is 1. The molecule has 0 bridgehead atoms. The molecular formula is C15H21N3O6. The number of esters is 1. The Labute approximate surface area is 139 Å². The van der Waals surface area contributed by atoms with E-state index in [4.69, 9.17) is 15.6 Å². The van der Waals surface area contributed by atoms with Gasteiger partial charge in [-0.1, -0.05) is 30.3 Å². The highest BCUT2D eigenvalue weighted by Gasteiger charge is 2.25. The van der Waals surface area contributed by atoms with Crippen LogP contribution in [0.3, 0.4) is 0 Å². The number of carboxylic acid groups (broad SMARTS) is 1. The molecule has 0 aromatic heterocycles. The number of ether oxygens (including phenoxy) is 1. The largest absolute Gasteiger partial charge is 0.481 e. The van der Waals surface area contributed by atoms with E-state index in [1.165, 1.54) is 7.11 Å².